The molecule has 0 radical (unpaired) electrons. The van der Waals surface area contributed by atoms with Crippen LogP contribution in [0.2, 0.25) is 0 Å². The number of nitrogens with one attached hydrogen (secondary N) is 1. The Kier molecular flexibility index (Phi) is 3.92. The molecule has 1 N–H and O–H groups in total. The number of carbonyl (C=O) groups is 1. The van der Waals surface area contributed by atoms with Crippen molar-refractivity contribution in [1.82, 2.24) is 4.98 Å². The highest BCUT2D eigenvalue weighted by atomic mass is 79.9. The van der Waals surface area contributed by atoms with Gasteiger partial charge in [0.25, 0.3) is 5.91 Å². The van der Waals surface area contributed by atoms with Gasteiger partial charge in [0, 0.05) is 22.7 Å². The summed E-state index contributed by atoms with van der Waals surface area (Å²) in [5.74, 6) is 0.816. The van der Waals surface area contributed by atoms with Crippen LogP contribution in [0.1, 0.15) is 15.9 Å². The molecule has 7 heteroatoms. The van der Waals surface area contributed by atoms with Gasteiger partial charge >= 0.3 is 0 Å². The number of benzene rings is 1. The maximum Gasteiger partial charge on any atom is 0.258 e. The van der Waals surface area contributed by atoms with Crippen molar-refractivity contribution < 1.29 is 9.53 Å². The zero-order chi connectivity index (χ0) is 15.8. The van der Waals surface area contributed by atoms with Gasteiger partial charge in [0.1, 0.15) is 5.75 Å². The summed E-state index contributed by atoms with van der Waals surface area (Å²) in [6.45, 7) is 0.743. The standard InChI is InChI=1S/C16H11BrN2O2S2/c17-14-6-11(7-22-14)15(20)19-16-18-12(8-23-16)9-1-2-13-10(5-9)3-4-21-13/h1-2,5-8H,3-4H2,(H,18,19,20). The van der Waals surface area contributed by atoms with E-state index in [-0.39, 0.29) is 5.91 Å². The maximum atomic E-state index is 12.2. The molecule has 23 heavy (non-hydrogen) atoms. The van der Waals surface area contributed by atoms with Gasteiger partial charge in [-0.15, -0.1) is 22.7 Å². The Morgan fingerprint density at radius 3 is 3.00 bits per heavy atom. The van der Waals surface area contributed by atoms with Crippen LogP contribution in [0.4, 0.5) is 5.13 Å². The maximum absolute atomic E-state index is 12.2. The molecule has 3 aromatic rings. The molecule has 0 spiro atoms. The molecule has 4 nitrogen and oxygen atoms in total. The highest BCUT2D eigenvalue weighted by Crippen LogP contribution is 2.32. The van der Waals surface area contributed by atoms with Gasteiger partial charge in [-0.05, 0) is 45.8 Å². The fraction of sp³-hybridized carbons (Fsp3) is 0.125. The lowest BCUT2D eigenvalue weighted by atomic mass is 10.1. The second-order valence-electron chi connectivity index (χ2n) is 5.05. The Labute approximate surface area is 149 Å². The molecular formula is C16H11BrN2O2S2. The summed E-state index contributed by atoms with van der Waals surface area (Å²) in [6, 6.07) is 7.90. The lowest BCUT2D eigenvalue weighted by Gasteiger charge is -2.01. The van der Waals surface area contributed by atoms with E-state index in [0.29, 0.717) is 10.7 Å². The molecule has 1 amide bonds. The van der Waals surface area contributed by atoms with E-state index in [2.05, 4.69) is 32.3 Å². The van der Waals surface area contributed by atoms with Crippen molar-refractivity contribution in [3.63, 3.8) is 0 Å². The number of rotatable bonds is 3. The van der Waals surface area contributed by atoms with Gasteiger partial charge in [-0.3, -0.25) is 10.1 Å². The van der Waals surface area contributed by atoms with Crippen LogP contribution in [0.3, 0.4) is 0 Å². The minimum absolute atomic E-state index is 0.143. The largest absolute Gasteiger partial charge is 0.493 e. The van der Waals surface area contributed by atoms with Crippen LogP contribution in [0.5, 0.6) is 5.75 Å². The average molecular weight is 407 g/mol. The number of hydrogen-bond donors (Lipinski definition) is 1. The van der Waals surface area contributed by atoms with E-state index in [1.807, 2.05) is 22.9 Å². The van der Waals surface area contributed by atoms with Crippen molar-refractivity contribution in [2.45, 2.75) is 6.42 Å². The molecule has 0 saturated carbocycles. The summed E-state index contributed by atoms with van der Waals surface area (Å²) < 4.78 is 6.45. The van der Waals surface area contributed by atoms with Crippen LogP contribution in [-0.4, -0.2) is 17.5 Å². The summed E-state index contributed by atoms with van der Waals surface area (Å²) >= 11 is 6.27. The molecular weight excluding hydrogens is 396 g/mol. The van der Waals surface area contributed by atoms with E-state index in [9.17, 15) is 4.79 Å². The van der Waals surface area contributed by atoms with Gasteiger partial charge in [-0.1, -0.05) is 0 Å². The second kappa shape index (κ2) is 6.07. The Balaban J connectivity index is 1.54. The van der Waals surface area contributed by atoms with Crippen LogP contribution in [-0.2, 0) is 6.42 Å². The SMILES string of the molecule is O=C(Nc1nc(-c2ccc3c(c2)CCO3)cs1)c1csc(Br)c1. The minimum Gasteiger partial charge on any atom is -0.493 e. The fourth-order valence-corrected chi connectivity index (χ4v) is 4.26. The lowest BCUT2D eigenvalue weighted by Crippen LogP contribution is -2.10. The van der Waals surface area contributed by atoms with E-state index in [1.165, 1.54) is 28.2 Å². The predicted molar refractivity (Wildman–Crippen MR) is 96.7 cm³/mol. The van der Waals surface area contributed by atoms with Crippen LogP contribution in [0, 0.1) is 0 Å². The monoisotopic (exact) mass is 406 g/mol. The van der Waals surface area contributed by atoms with Gasteiger partial charge in [0.2, 0.25) is 0 Å². The van der Waals surface area contributed by atoms with E-state index in [0.717, 1.165) is 33.8 Å². The first kappa shape index (κ1) is 14.9. The molecule has 0 saturated heterocycles. The van der Waals surface area contributed by atoms with Crippen molar-refractivity contribution in [2.75, 3.05) is 11.9 Å². The normalized spacial score (nSPS) is 12.7. The van der Waals surface area contributed by atoms with Gasteiger partial charge in [0.15, 0.2) is 5.13 Å². The number of nitrogens with zero attached hydrogens (tertiary/aromatic N) is 1. The minimum atomic E-state index is -0.143. The number of fused-ring (bicyclic) bond motifs is 1. The van der Waals surface area contributed by atoms with E-state index in [1.54, 1.807) is 6.07 Å². The first-order chi connectivity index (χ1) is 11.2. The summed E-state index contributed by atoms with van der Waals surface area (Å²) in [7, 11) is 0. The molecule has 1 aromatic carbocycles. The molecule has 0 unspecified atom stereocenters. The van der Waals surface area contributed by atoms with Crippen LogP contribution in [0.25, 0.3) is 11.3 Å². The first-order valence-electron chi connectivity index (χ1n) is 6.96. The number of carbonyl (C=O) groups excluding carboxylic acids is 1. The highest BCUT2D eigenvalue weighted by Gasteiger charge is 2.15. The Morgan fingerprint density at radius 2 is 2.17 bits per heavy atom. The Bertz CT molecular complexity index is 888. The van der Waals surface area contributed by atoms with Crippen molar-refractivity contribution in [1.29, 1.82) is 0 Å². The van der Waals surface area contributed by atoms with Crippen LogP contribution < -0.4 is 10.1 Å². The lowest BCUT2D eigenvalue weighted by molar-refractivity contribution is 0.102. The number of halogens is 1. The molecule has 116 valence electrons. The van der Waals surface area contributed by atoms with Gasteiger partial charge < -0.3 is 4.74 Å². The molecule has 1 aliphatic rings. The molecule has 2 aromatic heterocycles. The zero-order valence-corrected chi connectivity index (χ0v) is 15.1. The number of hydrogen-bond acceptors (Lipinski definition) is 5. The number of thiophene rings is 1. The summed E-state index contributed by atoms with van der Waals surface area (Å²) in [4.78, 5) is 16.7. The van der Waals surface area contributed by atoms with Crippen molar-refractivity contribution in [3.05, 3.63) is 49.9 Å². The third-order valence-corrected chi connectivity index (χ3v) is 5.80. The smallest absolute Gasteiger partial charge is 0.258 e. The fourth-order valence-electron chi connectivity index (χ4n) is 2.41. The summed E-state index contributed by atoms with van der Waals surface area (Å²) in [5, 5.41) is 7.21. The van der Waals surface area contributed by atoms with Gasteiger partial charge in [-0.2, -0.15) is 0 Å². The van der Waals surface area contributed by atoms with Crippen LogP contribution >= 0.6 is 38.6 Å². The number of aromatic nitrogens is 1. The first-order valence-corrected chi connectivity index (χ1v) is 9.51. The summed E-state index contributed by atoms with van der Waals surface area (Å²) in [6.07, 6.45) is 0.934. The van der Waals surface area contributed by atoms with Crippen molar-refractivity contribution in [3.8, 4) is 17.0 Å². The Hall–Kier alpha value is -1.70. The molecule has 0 atom stereocenters. The zero-order valence-electron chi connectivity index (χ0n) is 11.8. The van der Waals surface area contributed by atoms with E-state index >= 15 is 0 Å². The van der Waals surface area contributed by atoms with E-state index < -0.39 is 0 Å². The molecule has 3 heterocycles. The highest BCUT2D eigenvalue weighted by molar-refractivity contribution is 9.11. The quantitative estimate of drug-likeness (QED) is 0.677. The Morgan fingerprint density at radius 1 is 1.26 bits per heavy atom. The number of thiazole rings is 1. The molecule has 0 fully saturated rings. The van der Waals surface area contributed by atoms with E-state index in [4.69, 9.17) is 4.74 Å². The molecule has 1 aliphatic heterocycles. The van der Waals surface area contributed by atoms with Gasteiger partial charge in [-0.25, -0.2) is 4.98 Å². The van der Waals surface area contributed by atoms with Crippen molar-refractivity contribution >= 4 is 49.6 Å². The molecule has 0 bridgehead atoms. The van der Waals surface area contributed by atoms with Crippen LogP contribution in [0.15, 0.2) is 38.8 Å². The second-order valence-corrected chi connectivity index (χ2v) is 8.20. The number of amides is 1. The average Bonchev–Trinajstić information content (AvgIpc) is 3.26. The topological polar surface area (TPSA) is 51.2 Å². The number of anilines is 1. The third kappa shape index (κ3) is 3.04. The predicted octanol–water partition coefficient (Wildman–Crippen LogP) is 4.82. The third-order valence-electron chi connectivity index (χ3n) is 3.54. The number of ether oxygens (including phenoxy) is 1. The van der Waals surface area contributed by atoms with Crippen molar-refractivity contribution in [2.24, 2.45) is 0 Å². The molecule has 4 rings (SSSR count). The van der Waals surface area contributed by atoms with Gasteiger partial charge in [0.05, 0.1) is 21.7 Å². The summed E-state index contributed by atoms with van der Waals surface area (Å²) in [5.41, 5.74) is 3.76. The molecule has 0 aliphatic carbocycles.